The molecule has 1 aromatic heterocycles. The molecule has 0 aromatic carbocycles. The van der Waals surface area contributed by atoms with Crippen molar-refractivity contribution in [2.24, 2.45) is 11.8 Å². The van der Waals surface area contributed by atoms with E-state index in [0.29, 0.717) is 6.42 Å². The van der Waals surface area contributed by atoms with Crippen LogP contribution >= 0.6 is 0 Å². The number of halogens is 1. The van der Waals surface area contributed by atoms with Crippen LogP contribution in [0.5, 0.6) is 0 Å². The molecule has 0 aliphatic heterocycles. The van der Waals surface area contributed by atoms with Gasteiger partial charge >= 0.3 is 5.69 Å². The predicted octanol–water partition coefficient (Wildman–Crippen LogP) is -1.33. The molecule has 2 rings (SSSR count). The molecule has 1 aliphatic rings. The zero-order valence-electron chi connectivity index (χ0n) is 8.97. The molecule has 0 amide bonds. The maximum absolute atomic E-state index is 13.0. The van der Waals surface area contributed by atoms with Crippen LogP contribution in [0.25, 0.3) is 0 Å². The summed E-state index contributed by atoms with van der Waals surface area (Å²) in [6, 6.07) is 0. The standard InChI is InChI=1S/C10H13FN2O4/c11-7-3-13(10(17)12-9(7)16)2-5-1-6(4-14)8(5)15/h3,5-6,8,14-15H,1-2,4H2,(H,12,16,17)/t5-,6+,8?/m0/s1. The first-order valence-corrected chi connectivity index (χ1v) is 5.31. The van der Waals surface area contributed by atoms with Crippen molar-refractivity contribution in [1.82, 2.24) is 9.55 Å². The average Bonchev–Trinajstić information content (AvgIpc) is 2.29. The third-order valence-corrected chi connectivity index (χ3v) is 3.20. The Labute approximate surface area is 95.3 Å². The van der Waals surface area contributed by atoms with Gasteiger partial charge in [0.1, 0.15) is 0 Å². The summed E-state index contributed by atoms with van der Waals surface area (Å²) < 4.78 is 14.0. The van der Waals surface area contributed by atoms with Crippen molar-refractivity contribution in [3.05, 3.63) is 32.9 Å². The van der Waals surface area contributed by atoms with Crippen molar-refractivity contribution in [3.63, 3.8) is 0 Å². The molecule has 0 radical (unpaired) electrons. The van der Waals surface area contributed by atoms with Gasteiger partial charge in [0.25, 0.3) is 5.56 Å². The van der Waals surface area contributed by atoms with Crippen molar-refractivity contribution >= 4 is 0 Å². The molecule has 3 atom stereocenters. The van der Waals surface area contributed by atoms with E-state index in [4.69, 9.17) is 5.11 Å². The van der Waals surface area contributed by atoms with Gasteiger partial charge in [0.15, 0.2) is 0 Å². The van der Waals surface area contributed by atoms with Crippen LogP contribution in [0, 0.1) is 17.7 Å². The SMILES string of the molecule is O=c1[nH]c(=O)n(C[C@@H]2C[C@H](CO)C2O)cc1F. The van der Waals surface area contributed by atoms with Gasteiger partial charge in [-0.15, -0.1) is 0 Å². The van der Waals surface area contributed by atoms with Crippen molar-refractivity contribution in [1.29, 1.82) is 0 Å². The first-order chi connectivity index (χ1) is 8.02. The van der Waals surface area contributed by atoms with Gasteiger partial charge in [-0.25, -0.2) is 4.79 Å². The zero-order chi connectivity index (χ0) is 12.6. The molecule has 1 saturated carbocycles. The number of aliphatic hydroxyl groups is 2. The Balaban J connectivity index is 2.13. The minimum absolute atomic E-state index is 0.105. The fourth-order valence-electron chi connectivity index (χ4n) is 2.09. The molecule has 0 bridgehead atoms. The van der Waals surface area contributed by atoms with Gasteiger partial charge in [0.05, 0.1) is 12.3 Å². The third kappa shape index (κ3) is 2.16. The molecule has 1 heterocycles. The number of H-pyrrole nitrogens is 1. The minimum Gasteiger partial charge on any atom is -0.396 e. The van der Waals surface area contributed by atoms with Gasteiger partial charge in [0.2, 0.25) is 5.82 Å². The van der Waals surface area contributed by atoms with Crippen LogP contribution in [0.1, 0.15) is 6.42 Å². The largest absolute Gasteiger partial charge is 0.396 e. The molecule has 17 heavy (non-hydrogen) atoms. The summed E-state index contributed by atoms with van der Waals surface area (Å²) in [5.41, 5.74) is -1.75. The second-order valence-corrected chi connectivity index (χ2v) is 4.32. The summed E-state index contributed by atoms with van der Waals surface area (Å²) in [7, 11) is 0. The second kappa shape index (κ2) is 4.42. The van der Waals surface area contributed by atoms with Crippen molar-refractivity contribution in [3.8, 4) is 0 Å². The van der Waals surface area contributed by atoms with Gasteiger partial charge < -0.3 is 10.2 Å². The minimum atomic E-state index is -1.05. The van der Waals surface area contributed by atoms with Gasteiger partial charge in [-0.05, 0) is 6.42 Å². The maximum atomic E-state index is 13.0. The third-order valence-electron chi connectivity index (χ3n) is 3.20. The zero-order valence-corrected chi connectivity index (χ0v) is 8.97. The van der Waals surface area contributed by atoms with Crippen LogP contribution in [-0.4, -0.2) is 32.5 Å². The number of aliphatic hydroxyl groups excluding tert-OH is 2. The summed E-state index contributed by atoms with van der Waals surface area (Å²) in [6.45, 7) is 0.0246. The summed E-state index contributed by atoms with van der Waals surface area (Å²) >= 11 is 0. The summed E-state index contributed by atoms with van der Waals surface area (Å²) in [4.78, 5) is 24.0. The number of aromatic amines is 1. The molecule has 1 aromatic rings. The number of nitrogens with one attached hydrogen (secondary N) is 1. The topological polar surface area (TPSA) is 95.3 Å². The van der Waals surface area contributed by atoms with Gasteiger partial charge in [-0.3, -0.25) is 14.3 Å². The van der Waals surface area contributed by atoms with Crippen molar-refractivity contribution in [2.45, 2.75) is 19.1 Å². The average molecular weight is 244 g/mol. The molecular weight excluding hydrogens is 231 g/mol. The first kappa shape index (κ1) is 12.0. The van der Waals surface area contributed by atoms with E-state index in [1.165, 1.54) is 0 Å². The second-order valence-electron chi connectivity index (χ2n) is 4.32. The van der Waals surface area contributed by atoms with Gasteiger partial charge in [-0.1, -0.05) is 0 Å². The highest BCUT2D eigenvalue weighted by Crippen LogP contribution is 2.34. The predicted molar refractivity (Wildman–Crippen MR) is 56.0 cm³/mol. The number of hydrogen-bond acceptors (Lipinski definition) is 4. The van der Waals surface area contributed by atoms with E-state index in [0.717, 1.165) is 10.8 Å². The van der Waals surface area contributed by atoms with Crippen molar-refractivity contribution in [2.75, 3.05) is 6.61 Å². The Morgan fingerprint density at radius 3 is 2.76 bits per heavy atom. The van der Waals surface area contributed by atoms with Crippen LogP contribution in [0.15, 0.2) is 15.8 Å². The molecule has 1 fully saturated rings. The fourth-order valence-corrected chi connectivity index (χ4v) is 2.09. The highest BCUT2D eigenvalue weighted by molar-refractivity contribution is 4.92. The molecule has 1 aliphatic carbocycles. The van der Waals surface area contributed by atoms with E-state index in [1.54, 1.807) is 0 Å². The monoisotopic (exact) mass is 244 g/mol. The molecular formula is C10H13FN2O4. The lowest BCUT2D eigenvalue weighted by atomic mass is 9.72. The molecule has 3 N–H and O–H groups in total. The van der Waals surface area contributed by atoms with Crippen LogP contribution in [0.4, 0.5) is 4.39 Å². The summed E-state index contributed by atoms with van der Waals surface area (Å²) in [5.74, 6) is -1.41. The number of rotatable bonds is 3. The highest BCUT2D eigenvalue weighted by atomic mass is 19.1. The van der Waals surface area contributed by atoms with E-state index in [2.05, 4.69) is 0 Å². The van der Waals surface area contributed by atoms with E-state index in [1.807, 2.05) is 4.98 Å². The Morgan fingerprint density at radius 1 is 1.47 bits per heavy atom. The lowest BCUT2D eigenvalue weighted by molar-refractivity contribution is -0.0708. The van der Waals surface area contributed by atoms with Crippen LogP contribution < -0.4 is 11.2 Å². The Kier molecular flexibility index (Phi) is 3.12. The fraction of sp³-hybridized carbons (Fsp3) is 0.600. The molecule has 0 spiro atoms. The summed E-state index contributed by atoms with van der Waals surface area (Å²) in [6.07, 6.45) is 0.715. The van der Waals surface area contributed by atoms with E-state index < -0.39 is 23.2 Å². The number of nitrogens with zero attached hydrogens (tertiary/aromatic N) is 1. The van der Waals surface area contributed by atoms with E-state index in [9.17, 15) is 19.1 Å². The molecule has 7 heteroatoms. The quantitative estimate of drug-likeness (QED) is 0.613. The Morgan fingerprint density at radius 2 is 2.18 bits per heavy atom. The van der Waals surface area contributed by atoms with Gasteiger partial charge in [0, 0.05) is 25.0 Å². The van der Waals surface area contributed by atoms with Crippen LogP contribution in [-0.2, 0) is 6.54 Å². The first-order valence-electron chi connectivity index (χ1n) is 5.31. The molecule has 94 valence electrons. The van der Waals surface area contributed by atoms with E-state index in [-0.39, 0.29) is 25.0 Å². The number of aromatic nitrogens is 2. The Bertz CT molecular complexity index is 524. The lowest BCUT2D eigenvalue weighted by Gasteiger charge is -2.40. The lowest BCUT2D eigenvalue weighted by Crippen LogP contribution is -2.47. The smallest absolute Gasteiger partial charge is 0.328 e. The number of hydrogen-bond donors (Lipinski definition) is 3. The summed E-state index contributed by atoms with van der Waals surface area (Å²) in [5, 5.41) is 18.4. The van der Waals surface area contributed by atoms with E-state index >= 15 is 0 Å². The maximum Gasteiger partial charge on any atom is 0.328 e. The highest BCUT2D eigenvalue weighted by Gasteiger charge is 2.39. The Hall–Kier alpha value is -1.47. The van der Waals surface area contributed by atoms with Crippen LogP contribution in [0.3, 0.4) is 0 Å². The molecule has 0 saturated heterocycles. The van der Waals surface area contributed by atoms with Gasteiger partial charge in [-0.2, -0.15) is 4.39 Å². The van der Waals surface area contributed by atoms with Crippen LogP contribution in [0.2, 0.25) is 0 Å². The molecule has 6 nitrogen and oxygen atoms in total. The van der Waals surface area contributed by atoms with Crippen molar-refractivity contribution < 1.29 is 14.6 Å². The normalized spacial score (nSPS) is 27.8. The molecule has 1 unspecified atom stereocenters.